The van der Waals surface area contributed by atoms with E-state index < -0.39 is 5.82 Å². The molecule has 29 heavy (non-hydrogen) atoms. The van der Waals surface area contributed by atoms with E-state index in [-0.39, 0.29) is 10.7 Å². The fourth-order valence-electron chi connectivity index (χ4n) is 3.53. The van der Waals surface area contributed by atoms with Crippen LogP contribution in [0.5, 0.6) is 0 Å². The van der Waals surface area contributed by atoms with Crippen LogP contribution in [0.3, 0.4) is 0 Å². The van der Waals surface area contributed by atoms with E-state index in [0.717, 1.165) is 22.6 Å². The molecule has 5 nitrogen and oxygen atoms in total. The Morgan fingerprint density at radius 1 is 1.10 bits per heavy atom. The number of benzene rings is 2. The van der Waals surface area contributed by atoms with Crippen molar-refractivity contribution in [1.82, 2.24) is 14.6 Å². The lowest BCUT2D eigenvalue weighted by molar-refractivity contribution is 0.111. The van der Waals surface area contributed by atoms with Gasteiger partial charge >= 0.3 is 0 Å². The van der Waals surface area contributed by atoms with Gasteiger partial charge in [-0.15, -0.1) is 0 Å². The zero-order valence-electron chi connectivity index (χ0n) is 16.1. The molecule has 0 saturated carbocycles. The predicted octanol–water partition coefficient (Wildman–Crippen LogP) is 5.39. The number of hydrogen-bond donors (Lipinski definition) is 0. The average molecular weight is 409 g/mol. The molecule has 4 aromatic rings. The molecule has 0 aliphatic rings. The van der Waals surface area contributed by atoms with Crippen LogP contribution in [0.15, 0.2) is 48.5 Å². The Hall–Kier alpha value is -3.25. The second-order valence-electron chi connectivity index (χ2n) is 6.88. The zero-order chi connectivity index (χ0) is 20.7. The molecule has 0 unspecified atom stereocenters. The largest absolute Gasteiger partial charge is 0.329 e. The quantitative estimate of drug-likeness (QED) is 0.425. The number of halogens is 2. The number of aromatic nitrogens is 3. The number of para-hydroxylation sites is 1. The first kappa shape index (κ1) is 19.1. The minimum atomic E-state index is -0.489. The molecular weight excluding hydrogens is 391 g/mol. The molecule has 7 heteroatoms. The Morgan fingerprint density at radius 2 is 1.83 bits per heavy atom. The highest BCUT2D eigenvalue weighted by molar-refractivity contribution is 6.31. The van der Waals surface area contributed by atoms with Gasteiger partial charge in [0.05, 0.1) is 10.7 Å². The van der Waals surface area contributed by atoms with Crippen molar-refractivity contribution in [3.8, 4) is 11.3 Å². The number of aldehydes is 1. The number of carbonyl (C=O) groups is 1. The van der Waals surface area contributed by atoms with Crippen molar-refractivity contribution in [2.45, 2.75) is 13.8 Å². The Bertz CT molecular complexity index is 1230. The Morgan fingerprint density at radius 3 is 2.48 bits per heavy atom. The summed E-state index contributed by atoms with van der Waals surface area (Å²) in [5.41, 5.74) is 5.30. The standard InChI is InChI=1S/C22H18ClFN4O/c1-13-5-4-6-14(2)22(13)27(3)21-11-19(15-7-8-18(24)17(23)9-15)25-20-10-16(12-29)26-28(20)21/h4-12H,1-3H3. The summed E-state index contributed by atoms with van der Waals surface area (Å²) < 4.78 is 15.2. The number of anilines is 2. The number of aryl methyl sites for hydroxylation is 2. The molecule has 0 amide bonds. The van der Waals surface area contributed by atoms with Crippen LogP contribution in [0.2, 0.25) is 5.02 Å². The van der Waals surface area contributed by atoms with Crippen molar-refractivity contribution >= 4 is 35.0 Å². The summed E-state index contributed by atoms with van der Waals surface area (Å²) in [5, 5.41) is 4.39. The Labute approximate surface area is 172 Å². The van der Waals surface area contributed by atoms with Gasteiger partial charge in [-0.2, -0.15) is 9.61 Å². The van der Waals surface area contributed by atoms with Gasteiger partial charge in [-0.1, -0.05) is 29.8 Å². The summed E-state index contributed by atoms with van der Waals surface area (Å²) in [6.45, 7) is 4.08. The first-order valence-corrected chi connectivity index (χ1v) is 9.38. The molecule has 0 aliphatic heterocycles. The van der Waals surface area contributed by atoms with Crippen LogP contribution in [-0.4, -0.2) is 27.9 Å². The third kappa shape index (κ3) is 3.36. The zero-order valence-corrected chi connectivity index (χ0v) is 16.9. The van der Waals surface area contributed by atoms with E-state index in [1.165, 1.54) is 12.1 Å². The molecule has 0 aliphatic carbocycles. The number of rotatable bonds is 4. The molecule has 0 fully saturated rings. The predicted molar refractivity (Wildman–Crippen MR) is 113 cm³/mol. The minimum absolute atomic E-state index is 0.0240. The van der Waals surface area contributed by atoms with Crippen molar-refractivity contribution in [3.05, 3.63) is 76.2 Å². The summed E-state index contributed by atoms with van der Waals surface area (Å²) in [5.74, 6) is 0.230. The smallest absolute Gasteiger partial charge is 0.170 e. The molecule has 0 saturated heterocycles. The van der Waals surface area contributed by atoms with Crippen molar-refractivity contribution in [2.24, 2.45) is 0 Å². The Balaban J connectivity index is 1.97. The van der Waals surface area contributed by atoms with Gasteiger partial charge in [-0.25, -0.2) is 9.37 Å². The van der Waals surface area contributed by atoms with E-state index in [0.29, 0.717) is 23.2 Å². The van der Waals surface area contributed by atoms with Crippen LogP contribution in [0.4, 0.5) is 15.9 Å². The molecule has 0 bridgehead atoms. The molecule has 2 aromatic heterocycles. The van der Waals surface area contributed by atoms with Gasteiger partial charge in [-0.3, -0.25) is 4.79 Å². The highest BCUT2D eigenvalue weighted by atomic mass is 35.5. The minimum Gasteiger partial charge on any atom is -0.329 e. The third-order valence-electron chi connectivity index (χ3n) is 4.88. The first-order valence-electron chi connectivity index (χ1n) is 9.00. The van der Waals surface area contributed by atoms with Crippen molar-refractivity contribution in [3.63, 3.8) is 0 Å². The topological polar surface area (TPSA) is 50.5 Å². The van der Waals surface area contributed by atoms with E-state index in [9.17, 15) is 9.18 Å². The highest BCUT2D eigenvalue weighted by Crippen LogP contribution is 2.33. The van der Waals surface area contributed by atoms with Crippen molar-refractivity contribution in [1.29, 1.82) is 0 Å². The maximum atomic E-state index is 13.6. The van der Waals surface area contributed by atoms with Crippen LogP contribution < -0.4 is 4.90 Å². The summed E-state index contributed by atoms with van der Waals surface area (Å²) >= 11 is 5.97. The number of nitrogens with zero attached hydrogens (tertiary/aromatic N) is 4. The van der Waals surface area contributed by atoms with Crippen LogP contribution in [0.25, 0.3) is 16.9 Å². The SMILES string of the molecule is Cc1cccc(C)c1N(C)c1cc(-c2ccc(F)c(Cl)c2)nc2cc(C=O)nn12. The summed E-state index contributed by atoms with van der Waals surface area (Å²) in [7, 11) is 1.94. The average Bonchev–Trinajstić information content (AvgIpc) is 3.12. The number of hydrogen-bond acceptors (Lipinski definition) is 4. The van der Waals surface area contributed by atoms with E-state index in [2.05, 4.69) is 10.1 Å². The fraction of sp³-hybridized carbons (Fsp3) is 0.136. The fourth-order valence-corrected chi connectivity index (χ4v) is 3.71. The molecule has 4 rings (SSSR count). The van der Waals surface area contributed by atoms with E-state index in [1.807, 2.05) is 50.1 Å². The molecule has 0 atom stereocenters. The van der Waals surface area contributed by atoms with Crippen molar-refractivity contribution < 1.29 is 9.18 Å². The lowest BCUT2D eigenvalue weighted by Gasteiger charge is -2.24. The van der Waals surface area contributed by atoms with Crippen molar-refractivity contribution in [2.75, 3.05) is 11.9 Å². The van der Waals surface area contributed by atoms with Crippen LogP contribution in [0.1, 0.15) is 21.6 Å². The maximum Gasteiger partial charge on any atom is 0.170 e. The van der Waals surface area contributed by atoms with E-state index >= 15 is 0 Å². The normalized spacial score (nSPS) is 11.1. The molecule has 0 N–H and O–H groups in total. The number of carbonyl (C=O) groups excluding carboxylic acids is 1. The molecule has 0 spiro atoms. The van der Waals surface area contributed by atoms with Gasteiger partial charge in [0, 0.05) is 30.4 Å². The Kier molecular flexibility index (Phi) is 4.80. The number of fused-ring (bicyclic) bond motifs is 1. The van der Waals surface area contributed by atoms with E-state index in [1.54, 1.807) is 16.6 Å². The second kappa shape index (κ2) is 7.29. The lowest BCUT2D eigenvalue weighted by Crippen LogP contribution is -2.17. The van der Waals surface area contributed by atoms with Crippen LogP contribution in [-0.2, 0) is 0 Å². The van der Waals surface area contributed by atoms with Gasteiger partial charge in [0.2, 0.25) is 0 Å². The molecular formula is C22H18ClFN4O. The molecule has 146 valence electrons. The lowest BCUT2D eigenvalue weighted by atomic mass is 10.1. The van der Waals surface area contributed by atoms with Gasteiger partial charge in [0.25, 0.3) is 0 Å². The van der Waals surface area contributed by atoms with Crippen LogP contribution in [0, 0.1) is 19.7 Å². The summed E-state index contributed by atoms with van der Waals surface area (Å²) in [4.78, 5) is 17.9. The van der Waals surface area contributed by atoms with Crippen LogP contribution >= 0.6 is 11.6 Å². The summed E-state index contributed by atoms with van der Waals surface area (Å²) in [6, 6.07) is 14.0. The highest BCUT2D eigenvalue weighted by Gasteiger charge is 2.18. The molecule has 0 radical (unpaired) electrons. The van der Waals surface area contributed by atoms with Gasteiger partial charge in [0.1, 0.15) is 17.3 Å². The molecule has 2 heterocycles. The third-order valence-corrected chi connectivity index (χ3v) is 5.17. The van der Waals surface area contributed by atoms with Gasteiger partial charge in [0.15, 0.2) is 11.9 Å². The molecule has 2 aromatic carbocycles. The first-order chi connectivity index (χ1) is 13.9. The second-order valence-corrected chi connectivity index (χ2v) is 7.29. The maximum absolute atomic E-state index is 13.6. The summed E-state index contributed by atoms with van der Waals surface area (Å²) in [6.07, 6.45) is 0.686. The van der Waals surface area contributed by atoms with E-state index in [4.69, 9.17) is 11.6 Å². The van der Waals surface area contributed by atoms with Gasteiger partial charge < -0.3 is 4.90 Å². The monoisotopic (exact) mass is 408 g/mol. The van der Waals surface area contributed by atoms with Gasteiger partial charge in [-0.05, 0) is 43.2 Å².